The van der Waals surface area contributed by atoms with Crippen molar-refractivity contribution in [2.24, 2.45) is 0 Å². The minimum absolute atomic E-state index is 0.326. The molecule has 4 rings (SSSR count). The molecule has 0 radical (unpaired) electrons. The van der Waals surface area contributed by atoms with E-state index in [0.717, 1.165) is 34.0 Å². The summed E-state index contributed by atoms with van der Waals surface area (Å²) in [4.78, 5) is 19.6. The van der Waals surface area contributed by atoms with E-state index >= 15 is 0 Å². The lowest BCUT2D eigenvalue weighted by Gasteiger charge is -2.26. The molecule has 29 heavy (non-hydrogen) atoms. The molecule has 4 aromatic rings. The average Bonchev–Trinajstić information content (AvgIpc) is 3.18. The van der Waals surface area contributed by atoms with E-state index in [1.807, 2.05) is 30.5 Å². The first-order chi connectivity index (χ1) is 14.2. The van der Waals surface area contributed by atoms with Crippen LogP contribution >= 0.6 is 0 Å². The molecule has 0 aliphatic carbocycles. The van der Waals surface area contributed by atoms with Crippen LogP contribution < -0.4 is 10.1 Å². The third-order valence-corrected chi connectivity index (χ3v) is 4.98. The van der Waals surface area contributed by atoms with Crippen molar-refractivity contribution in [2.75, 3.05) is 12.4 Å². The summed E-state index contributed by atoms with van der Waals surface area (Å²) in [6.07, 6.45) is 4.41. The Kier molecular flexibility index (Phi) is 5.24. The molecule has 0 aliphatic heterocycles. The highest BCUT2D eigenvalue weighted by atomic mass is 19.1. The van der Waals surface area contributed by atoms with Gasteiger partial charge in [-0.2, -0.15) is 0 Å². The van der Waals surface area contributed by atoms with Crippen LogP contribution in [0.15, 0.2) is 73.1 Å². The van der Waals surface area contributed by atoms with Gasteiger partial charge in [0.05, 0.1) is 19.1 Å². The molecule has 2 heterocycles. The van der Waals surface area contributed by atoms with E-state index in [0.29, 0.717) is 5.88 Å². The van der Waals surface area contributed by atoms with Gasteiger partial charge in [-0.15, -0.1) is 0 Å². The standard InChI is InChI=1S/C23H20FN3O2/c1-29-22-12-17(10-11-25-22)27-23(15-6-8-16(24)9-7-15)20(14-28)19-13-26-21-5-3-2-4-18(19)21/h2-14,20,23,26H,1H3,(H,25,27). The lowest BCUT2D eigenvalue weighted by molar-refractivity contribution is -0.109. The highest BCUT2D eigenvalue weighted by molar-refractivity contribution is 5.87. The molecule has 6 heteroatoms. The number of anilines is 1. The SMILES string of the molecule is COc1cc(NC(c2ccc(F)cc2)C(C=O)c2c[nH]c3ccccc23)ccn1. The number of pyridine rings is 1. The van der Waals surface area contributed by atoms with Crippen molar-refractivity contribution >= 4 is 22.9 Å². The van der Waals surface area contributed by atoms with Crippen LogP contribution in [0.1, 0.15) is 23.1 Å². The summed E-state index contributed by atoms with van der Waals surface area (Å²) >= 11 is 0. The topological polar surface area (TPSA) is 67.0 Å². The zero-order valence-corrected chi connectivity index (χ0v) is 15.8. The van der Waals surface area contributed by atoms with Crippen LogP contribution in [-0.2, 0) is 4.79 Å². The van der Waals surface area contributed by atoms with E-state index in [1.165, 1.54) is 12.1 Å². The van der Waals surface area contributed by atoms with Gasteiger partial charge in [-0.05, 0) is 35.4 Å². The largest absolute Gasteiger partial charge is 0.481 e. The number of aldehydes is 1. The first-order valence-corrected chi connectivity index (χ1v) is 9.23. The number of aromatic nitrogens is 2. The van der Waals surface area contributed by atoms with Gasteiger partial charge in [0.25, 0.3) is 0 Å². The summed E-state index contributed by atoms with van der Waals surface area (Å²) in [7, 11) is 1.55. The lowest BCUT2D eigenvalue weighted by atomic mass is 9.87. The third kappa shape index (κ3) is 3.82. The second kappa shape index (κ2) is 8.14. The molecule has 0 amide bonds. The Hall–Kier alpha value is -3.67. The van der Waals surface area contributed by atoms with Gasteiger partial charge >= 0.3 is 0 Å². The molecule has 2 atom stereocenters. The van der Waals surface area contributed by atoms with Gasteiger partial charge in [-0.1, -0.05) is 30.3 Å². The summed E-state index contributed by atoms with van der Waals surface area (Å²) in [5.74, 6) is -0.369. The van der Waals surface area contributed by atoms with Gasteiger partial charge in [0.2, 0.25) is 5.88 Å². The number of hydrogen-bond donors (Lipinski definition) is 2. The second-order valence-electron chi connectivity index (χ2n) is 6.71. The van der Waals surface area contributed by atoms with Gasteiger partial charge in [0.1, 0.15) is 12.1 Å². The lowest BCUT2D eigenvalue weighted by Crippen LogP contribution is -2.21. The van der Waals surface area contributed by atoms with E-state index in [-0.39, 0.29) is 5.82 Å². The molecular formula is C23H20FN3O2. The number of nitrogens with one attached hydrogen (secondary N) is 2. The number of ether oxygens (including phenoxy) is 1. The fraction of sp³-hybridized carbons (Fsp3) is 0.130. The molecule has 0 spiro atoms. The van der Waals surface area contributed by atoms with Gasteiger partial charge in [-0.25, -0.2) is 9.37 Å². The Labute approximate surface area is 167 Å². The molecule has 2 unspecified atom stereocenters. The van der Waals surface area contributed by atoms with E-state index in [2.05, 4.69) is 15.3 Å². The van der Waals surface area contributed by atoms with Gasteiger partial charge in [-0.3, -0.25) is 0 Å². The van der Waals surface area contributed by atoms with Crippen LogP contribution in [0.2, 0.25) is 0 Å². The number of carbonyl (C=O) groups is 1. The quantitative estimate of drug-likeness (QED) is 0.444. The second-order valence-corrected chi connectivity index (χ2v) is 6.71. The van der Waals surface area contributed by atoms with E-state index < -0.39 is 12.0 Å². The smallest absolute Gasteiger partial charge is 0.214 e. The normalized spacial score (nSPS) is 13.0. The predicted molar refractivity (Wildman–Crippen MR) is 111 cm³/mol. The van der Waals surface area contributed by atoms with Crippen molar-refractivity contribution < 1.29 is 13.9 Å². The average molecular weight is 389 g/mol. The van der Waals surface area contributed by atoms with Crippen LogP contribution in [0.25, 0.3) is 10.9 Å². The number of methoxy groups -OCH3 is 1. The molecule has 0 aliphatic rings. The van der Waals surface area contributed by atoms with Crippen molar-refractivity contribution in [3.63, 3.8) is 0 Å². The summed E-state index contributed by atoms with van der Waals surface area (Å²) in [6, 6.07) is 17.1. The fourth-order valence-electron chi connectivity index (χ4n) is 3.54. The Morgan fingerprint density at radius 3 is 2.69 bits per heavy atom. The minimum Gasteiger partial charge on any atom is -0.481 e. The van der Waals surface area contributed by atoms with Crippen LogP contribution in [-0.4, -0.2) is 23.4 Å². The number of fused-ring (bicyclic) bond motifs is 1. The van der Waals surface area contributed by atoms with Crippen molar-refractivity contribution in [1.82, 2.24) is 9.97 Å². The molecule has 2 N–H and O–H groups in total. The van der Waals surface area contributed by atoms with Crippen molar-refractivity contribution in [3.8, 4) is 5.88 Å². The number of aromatic amines is 1. The maximum atomic E-state index is 13.5. The first-order valence-electron chi connectivity index (χ1n) is 9.23. The molecule has 0 saturated carbocycles. The summed E-state index contributed by atoms with van der Waals surface area (Å²) in [5.41, 5.74) is 3.37. The molecule has 5 nitrogen and oxygen atoms in total. The maximum Gasteiger partial charge on any atom is 0.214 e. The number of rotatable bonds is 7. The van der Waals surface area contributed by atoms with E-state index in [1.54, 1.807) is 37.6 Å². The number of H-pyrrole nitrogens is 1. The van der Waals surface area contributed by atoms with Gasteiger partial charge in [0, 0.05) is 35.1 Å². The Morgan fingerprint density at radius 2 is 1.93 bits per heavy atom. The monoisotopic (exact) mass is 389 g/mol. The Morgan fingerprint density at radius 1 is 1.14 bits per heavy atom. The zero-order chi connectivity index (χ0) is 20.2. The number of benzene rings is 2. The van der Waals surface area contributed by atoms with Crippen LogP contribution in [0, 0.1) is 5.82 Å². The van der Waals surface area contributed by atoms with Crippen molar-refractivity contribution in [1.29, 1.82) is 0 Å². The van der Waals surface area contributed by atoms with Gasteiger partial charge < -0.3 is 19.8 Å². The van der Waals surface area contributed by atoms with Crippen LogP contribution in [0.4, 0.5) is 10.1 Å². The Bertz CT molecular complexity index is 1120. The van der Waals surface area contributed by atoms with E-state index in [9.17, 15) is 9.18 Å². The highest BCUT2D eigenvalue weighted by Gasteiger charge is 2.27. The van der Waals surface area contributed by atoms with Crippen LogP contribution in [0.5, 0.6) is 5.88 Å². The van der Waals surface area contributed by atoms with Crippen molar-refractivity contribution in [3.05, 3.63) is 90.0 Å². The third-order valence-electron chi connectivity index (χ3n) is 4.98. The molecule has 146 valence electrons. The van der Waals surface area contributed by atoms with Crippen LogP contribution in [0.3, 0.4) is 0 Å². The number of carbonyl (C=O) groups excluding carboxylic acids is 1. The Balaban J connectivity index is 1.79. The van der Waals surface area contributed by atoms with Gasteiger partial charge in [0.15, 0.2) is 0 Å². The minimum atomic E-state index is -0.504. The molecule has 2 aromatic carbocycles. The molecular weight excluding hydrogens is 369 g/mol. The summed E-state index contributed by atoms with van der Waals surface area (Å²) in [5, 5.41) is 4.38. The number of halogens is 1. The zero-order valence-electron chi connectivity index (χ0n) is 15.8. The highest BCUT2D eigenvalue weighted by Crippen LogP contribution is 2.36. The molecule has 0 bridgehead atoms. The molecule has 0 saturated heterocycles. The summed E-state index contributed by atoms with van der Waals surface area (Å²) in [6.45, 7) is 0. The number of nitrogens with zero attached hydrogens (tertiary/aromatic N) is 1. The van der Waals surface area contributed by atoms with Crippen molar-refractivity contribution in [2.45, 2.75) is 12.0 Å². The van der Waals surface area contributed by atoms with E-state index in [4.69, 9.17) is 4.74 Å². The number of hydrogen-bond acceptors (Lipinski definition) is 4. The molecule has 2 aromatic heterocycles. The maximum absolute atomic E-state index is 13.5. The first kappa shape index (κ1) is 18.7. The fourth-order valence-corrected chi connectivity index (χ4v) is 3.54. The summed E-state index contributed by atoms with van der Waals surface area (Å²) < 4.78 is 18.7. The number of para-hydroxylation sites is 1. The molecule has 0 fully saturated rings. The predicted octanol–water partition coefficient (Wildman–Crippen LogP) is 4.85.